The highest BCUT2D eigenvalue weighted by atomic mass is 16.5. The second-order valence-corrected chi connectivity index (χ2v) is 15.0. The Bertz CT molecular complexity index is 673. The first-order chi connectivity index (χ1) is 23.8. The minimum Gasteiger partial charge on any atom is -0.379 e. The first-order valence-corrected chi connectivity index (χ1v) is 21.7. The summed E-state index contributed by atoms with van der Waals surface area (Å²) in [5.41, 5.74) is 0. The number of likely N-dealkylation sites (N-methyl/N-ethyl adjacent to an activating group) is 1. The van der Waals surface area contributed by atoms with Gasteiger partial charge in [0.05, 0.1) is 12.7 Å². The molecule has 0 spiro atoms. The summed E-state index contributed by atoms with van der Waals surface area (Å²) < 4.78 is 12.6. The van der Waals surface area contributed by atoms with Gasteiger partial charge in [-0.25, -0.2) is 0 Å². The van der Waals surface area contributed by atoms with Crippen LogP contribution in [-0.4, -0.2) is 75.5 Å². The Labute approximate surface area is 302 Å². The molecule has 1 rings (SSSR count). The van der Waals surface area contributed by atoms with Crippen LogP contribution in [0.2, 0.25) is 0 Å². The minimum absolute atomic E-state index is 0.214. The average molecular weight is 675 g/mol. The van der Waals surface area contributed by atoms with E-state index < -0.39 is 0 Å². The highest BCUT2D eigenvalue weighted by molar-refractivity contribution is 4.82. The fourth-order valence-corrected chi connectivity index (χ4v) is 6.74. The highest BCUT2D eigenvalue weighted by Gasteiger charge is 2.19. The van der Waals surface area contributed by atoms with Gasteiger partial charge >= 0.3 is 0 Å². The molecule has 1 atom stereocenters. The van der Waals surface area contributed by atoms with Crippen LogP contribution in [0.4, 0.5) is 0 Å². The summed E-state index contributed by atoms with van der Waals surface area (Å²) in [5, 5.41) is 0. The van der Waals surface area contributed by atoms with Crippen LogP contribution in [0, 0.1) is 0 Å². The van der Waals surface area contributed by atoms with Gasteiger partial charge in [-0.15, -0.1) is 0 Å². The minimum atomic E-state index is 0.214. The van der Waals surface area contributed by atoms with E-state index in [9.17, 15) is 0 Å². The number of hydrogen-bond acceptors (Lipinski definition) is 4. The van der Waals surface area contributed by atoms with Gasteiger partial charge in [-0.3, -0.25) is 4.90 Å². The van der Waals surface area contributed by atoms with Crippen molar-refractivity contribution in [3.63, 3.8) is 0 Å². The van der Waals surface area contributed by atoms with Crippen LogP contribution in [0.25, 0.3) is 0 Å². The summed E-state index contributed by atoms with van der Waals surface area (Å²) in [6, 6.07) is 0. The topological polar surface area (TPSA) is 24.9 Å². The molecule has 0 radical (unpaired) electrons. The third-order valence-corrected chi connectivity index (χ3v) is 10.2. The van der Waals surface area contributed by atoms with Crippen molar-refractivity contribution in [3.05, 3.63) is 24.3 Å². The zero-order valence-electron chi connectivity index (χ0n) is 33.1. The van der Waals surface area contributed by atoms with E-state index in [-0.39, 0.29) is 6.10 Å². The van der Waals surface area contributed by atoms with E-state index in [1.165, 1.54) is 180 Å². The van der Waals surface area contributed by atoms with E-state index in [0.717, 1.165) is 52.5 Å². The van der Waals surface area contributed by atoms with Crippen LogP contribution in [-0.2, 0) is 9.47 Å². The lowest BCUT2D eigenvalue weighted by Crippen LogP contribution is -2.48. The zero-order valence-corrected chi connectivity index (χ0v) is 33.1. The van der Waals surface area contributed by atoms with Crippen LogP contribution in [0.15, 0.2) is 24.3 Å². The molecule has 0 amide bonds. The molecule has 1 unspecified atom stereocenters. The molecule has 1 fully saturated rings. The number of allylic oxidation sites excluding steroid dienone is 4. The lowest BCUT2D eigenvalue weighted by atomic mass is 10.1. The van der Waals surface area contributed by atoms with Gasteiger partial charge in [-0.05, 0) is 71.3 Å². The number of hydrogen-bond donors (Lipinski definition) is 0. The number of rotatable bonds is 37. The Morgan fingerprint density at radius 2 is 0.833 bits per heavy atom. The monoisotopic (exact) mass is 675 g/mol. The molecular weight excluding hydrogens is 588 g/mol. The van der Waals surface area contributed by atoms with Crippen molar-refractivity contribution in [1.82, 2.24) is 9.80 Å². The van der Waals surface area contributed by atoms with Crippen molar-refractivity contribution in [2.75, 3.05) is 59.6 Å². The quantitative estimate of drug-likeness (QED) is 0.0484. The second kappa shape index (κ2) is 37.6. The Hall–Kier alpha value is -0.680. The molecule has 1 aliphatic heterocycles. The predicted octanol–water partition coefficient (Wildman–Crippen LogP) is 12.7. The van der Waals surface area contributed by atoms with Crippen molar-refractivity contribution in [3.8, 4) is 0 Å². The number of piperazine rings is 1. The van der Waals surface area contributed by atoms with E-state index in [1.54, 1.807) is 0 Å². The molecule has 0 N–H and O–H groups in total. The van der Waals surface area contributed by atoms with Gasteiger partial charge in [-0.1, -0.05) is 154 Å². The van der Waals surface area contributed by atoms with Crippen LogP contribution in [0.3, 0.4) is 0 Å². The molecule has 4 nitrogen and oxygen atoms in total. The van der Waals surface area contributed by atoms with Gasteiger partial charge in [0.25, 0.3) is 0 Å². The van der Waals surface area contributed by atoms with Gasteiger partial charge in [-0.2, -0.15) is 0 Å². The van der Waals surface area contributed by atoms with Crippen LogP contribution >= 0.6 is 0 Å². The van der Waals surface area contributed by atoms with Crippen LogP contribution in [0.1, 0.15) is 194 Å². The molecule has 0 aromatic carbocycles. The summed E-state index contributed by atoms with van der Waals surface area (Å²) in [7, 11) is 2.23. The third-order valence-electron chi connectivity index (χ3n) is 10.2. The number of nitrogens with zero attached hydrogens (tertiary/aromatic N) is 2. The number of unbranched alkanes of at least 4 members (excludes halogenated alkanes) is 24. The lowest BCUT2D eigenvalue weighted by molar-refractivity contribution is -0.0388. The fourth-order valence-electron chi connectivity index (χ4n) is 6.74. The molecule has 0 saturated carbocycles. The van der Waals surface area contributed by atoms with E-state index in [2.05, 4.69) is 55.0 Å². The maximum atomic E-state index is 6.43. The summed E-state index contributed by atoms with van der Waals surface area (Å²) >= 11 is 0. The van der Waals surface area contributed by atoms with Gasteiger partial charge in [0.15, 0.2) is 0 Å². The van der Waals surface area contributed by atoms with E-state index >= 15 is 0 Å². The van der Waals surface area contributed by atoms with Crippen molar-refractivity contribution in [2.24, 2.45) is 0 Å². The van der Waals surface area contributed by atoms with E-state index in [4.69, 9.17) is 9.47 Å². The molecule has 284 valence electrons. The summed E-state index contributed by atoms with van der Waals surface area (Å²) in [6.07, 6.45) is 47.7. The van der Waals surface area contributed by atoms with Gasteiger partial charge in [0.1, 0.15) is 0 Å². The van der Waals surface area contributed by atoms with Crippen molar-refractivity contribution in [2.45, 2.75) is 200 Å². The van der Waals surface area contributed by atoms with Gasteiger partial charge < -0.3 is 14.4 Å². The van der Waals surface area contributed by atoms with Gasteiger partial charge in [0, 0.05) is 45.9 Å². The van der Waals surface area contributed by atoms with Gasteiger partial charge in [0.2, 0.25) is 0 Å². The molecule has 0 aromatic heterocycles. The maximum absolute atomic E-state index is 6.43. The fraction of sp³-hybridized carbons (Fsp3) is 0.909. The molecule has 0 aliphatic carbocycles. The standard InChI is InChI=1S/C44H86N2O2/c1-4-6-8-10-12-14-16-18-20-22-24-26-28-30-32-34-40-47-43-44(42-46-38-36-45(3)37-39-46)48-41-35-33-31-29-27-25-23-21-19-17-15-13-11-9-7-5-2/h18-21,44H,4-17,22-43H2,1-3H3/b20-18-,21-19-. The summed E-state index contributed by atoms with van der Waals surface area (Å²) in [6.45, 7) is 12.8. The zero-order chi connectivity index (χ0) is 34.4. The molecule has 4 heteroatoms. The predicted molar refractivity (Wildman–Crippen MR) is 213 cm³/mol. The largest absolute Gasteiger partial charge is 0.379 e. The van der Waals surface area contributed by atoms with E-state index in [0.29, 0.717) is 0 Å². The molecule has 0 aromatic rings. The molecule has 1 heterocycles. The highest BCUT2D eigenvalue weighted by Crippen LogP contribution is 2.13. The first-order valence-electron chi connectivity index (χ1n) is 21.7. The summed E-state index contributed by atoms with van der Waals surface area (Å²) in [4.78, 5) is 5.02. The van der Waals surface area contributed by atoms with E-state index in [1.807, 2.05) is 0 Å². The Morgan fingerprint density at radius 1 is 0.458 bits per heavy atom. The molecule has 48 heavy (non-hydrogen) atoms. The smallest absolute Gasteiger partial charge is 0.0934 e. The van der Waals surface area contributed by atoms with Crippen molar-refractivity contribution in [1.29, 1.82) is 0 Å². The second-order valence-electron chi connectivity index (χ2n) is 15.0. The Morgan fingerprint density at radius 3 is 1.27 bits per heavy atom. The lowest BCUT2D eigenvalue weighted by Gasteiger charge is -2.34. The van der Waals surface area contributed by atoms with Crippen LogP contribution < -0.4 is 0 Å². The molecular formula is C44H86N2O2. The Balaban J connectivity index is 2.02. The van der Waals surface area contributed by atoms with Crippen LogP contribution in [0.5, 0.6) is 0 Å². The van der Waals surface area contributed by atoms with Crippen molar-refractivity contribution < 1.29 is 9.47 Å². The molecule has 0 bridgehead atoms. The Kier molecular flexibility index (Phi) is 35.5. The summed E-state index contributed by atoms with van der Waals surface area (Å²) in [5.74, 6) is 0. The maximum Gasteiger partial charge on any atom is 0.0934 e. The molecule has 1 aliphatic rings. The molecule has 1 saturated heterocycles. The van der Waals surface area contributed by atoms with Crippen molar-refractivity contribution >= 4 is 0 Å². The number of ether oxygens (including phenoxy) is 2. The average Bonchev–Trinajstić information content (AvgIpc) is 3.09. The SMILES string of the molecule is CCCCCCCC/C=C\CCCCCCCCOCC(CN1CCN(C)CC1)OCCCCCCCC/C=C\CCCCCCCC. The first kappa shape index (κ1) is 45.3. The normalized spacial score (nSPS) is 15.4. The third kappa shape index (κ3) is 32.5.